The zero-order chi connectivity index (χ0) is 12.8. The summed E-state index contributed by atoms with van der Waals surface area (Å²) in [5.74, 6) is 0. The van der Waals surface area contributed by atoms with Crippen LogP contribution >= 0.6 is 0 Å². The lowest BCUT2D eigenvalue weighted by Crippen LogP contribution is -2.35. The van der Waals surface area contributed by atoms with Crippen LogP contribution in [0.2, 0.25) is 0 Å². The molecule has 1 heterocycles. The summed E-state index contributed by atoms with van der Waals surface area (Å²) in [6.45, 7) is 1.55. The average molecular weight is 245 g/mol. The van der Waals surface area contributed by atoms with E-state index in [0.717, 1.165) is 5.56 Å². The van der Waals surface area contributed by atoms with Gasteiger partial charge >= 0.3 is 0 Å². The largest absolute Gasteiger partial charge is 0.395 e. The van der Waals surface area contributed by atoms with Gasteiger partial charge in [0.15, 0.2) is 0 Å². The third-order valence-corrected chi connectivity index (χ3v) is 3.60. The van der Waals surface area contributed by atoms with E-state index in [-0.39, 0.29) is 6.61 Å². The van der Waals surface area contributed by atoms with Crippen LogP contribution in [-0.4, -0.2) is 34.2 Å². The van der Waals surface area contributed by atoms with Gasteiger partial charge in [-0.15, -0.1) is 0 Å². The monoisotopic (exact) mass is 245 g/mol. The molecule has 2 rings (SSSR count). The van der Waals surface area contributed by atoms with Crippen LogP contribution in [0, 0.1) is 11.3 Å². The van der Waals surface area contributed by atoms with Crippen LogP contribution in [-0.2, 0) is 6.54 Å². The second kappa shape index (κ2) is 6.48. The van der Waals surface area contributed by atoms with E-state index in [9.17, 15) is 5.11 Å². The Labute approximate surface area is 108 Å². The van der Waals surface area contributed by atoms with E-state index in [1.807, 2.05) is 12.1 Å². The normalized spacial score (nSPS) is 16.1. The van der Waals surface area contributed by atoms with Gasteiger partial charge in [0.25, 0.3) is 0 Å². The second-order valence-corrected chi connectivity index (χ2v) is 4.76. The maximum absolute atomic E-state index is 9.18. The van der Waals surface area contributed by atoms with Crippen LogP contribution < -0.4 is 0 Å². The molecule has 18 heavy (non-hydrogen) atoms. The molecule has 1 aliphatic rings. The summed E-state index contributed by atoms with van der Waals surface area (Å²) >= 11 is 0. The molecule has 1 saturated carbocycles. The smallest absolute Gasteiger partial charge is 0.144 e. The molecule has 0 atom stereocenters. The number of nitrogens with zero attached hydrogens (tertiary/aromatic N) is 3. The molecule has 0 saturated heterocycles. The van der Waals surface area contributed by atoms with E-state index in [0.29, 0.717) is 24.8 Å². The van der Waals surface area contributed by atoms with E-state index < -0.39 is 0 Å². The Hall–Kier alpha value is -1.44. The summed E-state index contributed by atoms with van der Waals surface area (Å²) in [5, 5.41) is 18.2. The minimum atomic E-state index is 0.165. The first-order valence-electron chi connectivity index (χ1n) is 6.54. The zero-order valence-electron chi connectivity index (χ0n) is 10.5. The quantitative estimate of drug-likeness (QED) is 0.857. The molecule has 0 aromatic carbocycles. The van der Waals surface area contributed by atoms with Crippen LogP contribution in [0.3, 0.4) is 0 Å². The lowest BCUT2D eigenvalue weighted by Gasteiger charge is -2.28. The Morgan fingerprint density at radius 2 is 2.22 bits per heavy atom. The van der Waals surface area contributed by atoms with Crippen molar-refractivity contribution in [1.82, 2.24) is 9.88 Å². The molecule has 1 aromatic heterocycles. The van der Waals surface area contributed by atoms with Crippen LogP contribution in [0.5, 0.6) is 0 Å². The molecule has 0 aliphatic heterocycles. The van der Waals surface area contributed by atoms with Crippen molar-refractivity contribution in [3.63, 3.8) is 0 Å². The van der Waals surface area contributed by atoms with Gasteiger partial charge in [-0.1, -0.05) is 18.9 Å². The highest BCUT2D eigenvalue weighted by Gasteiger charge is 2.22. The Balaban J connectivity index is 2.10. The lowest BCUT2D eigenvalue weighted by molar-refractivity contribution is 0.144. The van der Waals surface area contributed by atoms with Crippen molar-refractivity contribution in [1.29, 1.82) is 5.26 Å². The first-order chi connectivity index (χ1) is 8.85. The summed E-state index contributed by atoms with van der Waals surface area (Å²) in [4.78, 5) is 6.37. The van der Waals surface area contributed by atoms with Gasteiger partial charge in [-0.05, 0) is 18.9 Å². The SMILES string of the molecule is N#Cc1ncccc1CN(CCO)C1CCCC1. The van der Waals surface area contributed by atoms with Crippen LogP contribution in [0.25, 0.3) is 0 Å². The van der Waals surface area contributed by atoms with Crippen molar-refractivity contribution >= 4 is 0 Å². The molecule has 1 fully saturated rings. The summed E-state index contributed by atoms with van der Waals surface area (Å²) in [5.41, 5.74) is 1.46. The fourth-order valence-corrected chi connectivity index (χ4v) is 2.67. The average Bonchev–Trinajstić information content (AvgIpc) is 2.92. The molecule has 0 unspecified atom stereocenters. The minimum absolute atomic E-state index is 0.165. The third kappa shape index (κ3) is 3.06. The van der Waals surface area contributed by atoms with Gasteiger partial charge in [0, 0.05) is 30.9 Å². The molecule has 4 heteroatoms. The highest BCUT2D eigenvalue weighted by molar-refractivity contribution is 5.30. The number of aromatic nitrogens is 1. The second-order valence-electron chi connectivity index (χ2n) is 4.76. The van der Waals surface area contributed by atoms with Crippen molar-refractivity contribution < 1.29 is 5.11 Å². The summed E-state index contributed by atoms with van der Waals surface area (Å²) in [6.07, 6.45) is 6.58. The molecule has 1 aromatic rings. The van der Waals surface area contributed by atoms with Crippen molar-refractivity contribution in [3.05, 3.63) is 29.6 Å². The first kappa shape index (κ1) is 13.0. The van der Waals surface area contributed by atoms with Gasteiger partial charge < -0.3 is 5.11 Å². The minimum Gasteiger partial charge on any atom is -0.395 e. The molecular weight excluding hydrogens is 226 g/mol. The summed E-state index contributed by atoms with van der Waals surface area (Å²) in [6, 6.07) is 6.49. The molecule has 0 bridgehead atoms. The summed E-state index contributed by atoms with van der Waals surface area (Å²) in [7, 11) is 0. The van der Waals surface area contributed by atoms with E-state index in [4.69, 9.17) is 5.26 Å². The molecule has 1 N–H and O–H groups in total. The Bertz CT molecular complexity index is 421. The van der Waals surface area contributed by atoms with E-state index in [1.54, 1.807) is 6.20 Å². The number of nitriles is 1. The fourth-order valence-electron chi connectivity index (χ4n) is 2.67. The maximum atomic E-state index is 9.18. The van der Waals surface area contributed by atoms with Crippen molar-refractivity contribution in [2.24, 2.45) is 0 Å². The first-order valence-corrected chi connectivity index (χ1v) is 6.54. The molecular formula is C14H19N3O. The highest BCUT2D eigenvalue weighted by atomic mass is 16.3. The number of pyridine rings is 1. The van der Waals surface area contributed by atoms with E-state index in [1.165, 1.54) is 25.7 Å². The topological polar surface area (TPSA) is 60.2 Å². The third-order valence-electron chi connectivity index (χ3n) is 3.60. The Kier molecular flexibility index (Phi) is 4.68. The van der Waals surface area contributed by atoms with Crippen LogP contribution in [0.1, 0.15) is 36.9 Å². The van der Waals surface area contributed by atoms with Crippen molar-refractivity contribution in [3.8, 4) is 6.07 Å². The number of aliphatic hydroxyl groups is 1. The number of hydrogen-bond donors (Lipinski definition) is 1. The number of hydrogen-bond acceptors (Lipinski definition) is 4. The maximum Gasteiger partial charge on any atom is 0.144 e. The van der Waals surface area contributed by atoms with Gasteiger partial charge in [0.05, 0.1) is 6.61 Å². The predicted octanol–water partition coefficient (Wildman–Crippen LogP) is 1.69. The van der Waals surface area contributed by atoms with Gasteiger partial charge in [0.1, 0.15) is 11.8 Å². The fraction of sp³-hybridized carbons (Fsp3) is 0.571. The molecule has 0 radical (unpaired) electrons. The molecule has 1 aliphatic carbocycles. The van der Waals surface area contributed by atoms with Gasteiger partial charge in [0.2, 0.25) is 0 Å². The van der Waals surface area contributed by atoms with Gasteiger partial charge in [-0.2, -0.15) is 5.26 Å². The molecule has 96 valence electrons. The highest BCUT2D eigenvalue weighted by Crippen LogP contribution is 2.25. The van der Waals surface area contributed by atoms with Crippen molar-refractivity contribution in [2.75, 3.05) is 13.2 Å². The lowest BCUT2D eigenvalue weighted by atomic mass is 10.1. The zero-order valence-corrected chi connectivity index (χ0v) is 10.5. The van der Waals surface area contributed by atoms with Crippen molar-refractivity contribution in [2.45, 2.75) is 38.3 Å². The van der Waals surface area contributed by atoms with Crippen LogP contribution in [0.15, 0.2) is 18.3 Å². The molecule has 0 amide bonds. The molecule has 4 nitrogen and oxygen atoms in total. The number of aliphatic hydroxyl groups excluding tert-OH is 1. The van der Waals surface area contributed by atoms with Crippen LogP contribution in [0.4, 0.5) is 0 Å². The van der Waals surface area contributed by atoms with E-state index >= 15 is 0 Å². The Morgan fingerprint density at radius 3 is 2.89 bits per heavy atom. The van der Waals surface area contributed by atoms with Gasteiger partial charge in [-0.25, -0.2) is 4.98 Å². The standard InChI is InChI=1S/C14H19N3O/c15-10-14-12(4-3-7-16-14)11-17(8-9-18)13-5-1-2-6-13/h3-4,7,13,18H,1-2,5-6,8-9,11H2. The molecule has 0 spiro atoms. The summed E-state index contributed by atoms with van der Waals surface area (Å²) < 4.78 is 0. The van der Waals surface area contributed by atoms with E-state index in [2.05, 4.69) is 16.0 Å². The van der Waals surface area contributed by atoms with Gasteiger partial charge in [-0.3, -0.25) is 4.90 Å². The number of rotatable bonds is 5. The predicted molar refractivity (Wildman–Crippen MR) is 68.7 cm³/mol. The Morgan fingerprint density at radius 1 is 1.44 bits per heavy atom.